The van der Waals surface area contributed by atoms with Gasteiger partial charge in [-0.2, -0.15) is 0 Å². The number of hydrogen-bond donors (Lipinski definition) is 1. The maximum absolute atomic E-state index is 14.0. The molecule has 0 aromatic heterocycles. The molecule has 3 rings (SSSR count). The average molecular weight is 586 g/mol. The molecule has 0 saturated carbocycles. The van der Waals surface area contributed by atoms with Gasteiger partial charge in [0, 0.05) is 18.7 Å². The first-order chi connectivity index (χ1) is 19.4. The molecule has 220 valence electrons. The lowest BCUT2D eigenvalue weighted by atomic mass is 10.1. The number of carbonyl (C=O) groups is 2. The van der Waals surface area contributed by atoms with Gasteiger partial charge in [-0.15, -0.1) is 0 Å². The molecule has 3 aromatic carbocycles. The van der Waals surface area contributed by atoms with Crippen LogP contribution in [0.15, 0.2) is 71.6 Å². The number of sulfonamides is 1. The maximum atomic E-state index is 14.0. The van der Waals surface area contributed by atoms with Gasteiger partial charge in [0.15, 0.2) is 11.5 Å². The quantitative estimate of drug-likeness (QED) is 0.340. The van der Waals surface area contributed by atoms with Gasteiger partial charge in [0.2, 0.25) is 11.8 Å². The van der Waals surface area contributed by atoms with Gasteiger partial charge in [0.25, 0.3) is 10.0 Å². The van der Waals surface area contributed by atoms with E-state index >= 15 is 0 Å². The topological polar surface area (TPSA) is 105 Å². The first-order valence-corrected chi connectivity index (χ1v) is 14.5. The number of halogens is 1. The summed E-state index contributed by atoms with van der Waals surface area (Å²) in [6, 6.07) is 15.3. The Morgan fingerprint density at radius 1 is 0.927 bits per heavy atom. The van der Waals surface area contributed by atoms with Gasteiger partial charge in [-0.3, -0.25) is 13.9 Å². The zero-order valence-electron chi connectivity index (χ0n) is 24.0. The minimum atomic E-state index is -4.37. The molecule has 9 nitrogen and oxygen atoms in total. The van der Waals surface area contributed by atoms with Gasteiger partial charge in [-0.25, -0.2) is 12.8 Å². The summed E-state index contributed by atoms with van der Waals surface area (Å²) in [4.78, 5) is 28.1. The number of carbonyl (C=O) groups excluding carboxylic acids is 2. The molecule has 3 aromatic rings. The van der Waals surface area contributed by atoms with E-state index in [-0.39, 0.29) is 34.8 Å². The Hall–Kier alpha value is -4.12. The number of amides is 2. The van der Waals surface area contributed by atoms with Crippen LogP contribution in [0.2, 0.25) is 0 Å². The second kappa shape index (κ2) is 13.5. The Labute approximate surface area is 240 Å². The van der Waals surface area contributed by atoms with Gasteiger partial charge in [-0.1, -0.05) is 29.8 Å². The predicted molar refractivity (Wildman–Crippen MR) is 155 cm³/mol. The number of ether oxygens (including phenoxy) is 2. The Morgan fingerprint density at radius 3 is 2.17 bits per heavy atom. The molecule has 2 amide bonds. The number of aryl methyl sites for hydroxylation is 1. The highest BCUT2D eigenvalue weighted by atomic mass is 32.2. The van der Waals surface area contributed by atoms with E-state index in [0.29, 0.717) is 5.75 Å². The molecule has 0 radical (unpaired) electrons. The molecule has 11 heteroatoms. The molecule has 0 unspecified atom stereocenters. The summed E-state index contributed by atoms with van der Waals surface area (Å²) in [5.74, 6) is -1.06. The lowest BCUT2D eigenvalue weighted by Crippen LogP contribution is -2.52. The number of benzene rings is 3. The summed E-state index contributed by atoms with van der Waals surface area (Å²) in [6.07, 6.45) is 0. The van der Waals surface area contributed by atoms with Crippen molar-refractivity contribution in [3.8, 4) is 11.5 Å². The highest BCUT2D eigenvalue weighted by Gasteiger charge is 2.33. The highest BCUT2D eigenvalue weighted by molar-refractivity contribution is 7.92. The molecule has 1 atom stereocenters. The van der Waals surface area contributed by atoms with Crippen LogP contribution in [0, 0.1) is 12.7 Å². The Balaban J connectivity index is 2.07. The molecule has 0 bridgehead atoms. The van der Waals surface area contributed by atoms with E-state index < -0.39 is 34.3 Å². The molecular formula is C30H36FN3O6S. The molecule has 0 fully saturated rings. The predicted octanol–water partition coefficient (Wildman–Crippen LogP) is 4.29. The zero-order valence-corrected chi connectivity index (χ0v) is 24.9. The monoisotopic (exact) mass is 585 g/mol. The van der Waals surface area contributed by atoms with Crippen molar-refractivity contribution in [2.75, 3.05) is 25.1 Å². The van der Waals surface area contributed by atoms with Crippen LogP contribution < -0.4 is 19.1 Å². The molecule has 0 aliphatic carbocycles. The van der Waals surface area contributed by atoms with Crippen molar-refractivity contribution < 1.29 is 31.9 Å². The first kappa shape index (κ1) is 31.4. The van der Waals surface area contributed by atoms with Gasteiger partial charge < -0.3 is 19.7 Å². The minimum absolute atomic E-state index is 0.0703. The van der Waals surface area contributed by atoms with Gasteiger partial charge in [-0.05, 0) is 69.7 Å². The fourth-order valence-electron chi connectivity index (χ4n) is 4.24. The van der Waals surface area contributed by atoms with Gasteiger partial charge in [0.05, 0.1) is 24.8 Å². The smallest absolute Gasteiger partial charge is 0.264 e. The second-order valence-electron chi connectivity index (χ2n) is 9.85. The first-order valence-electron chi connectivity index (χ1n) is 13.0. The van der Waals surface area contributed by atoms with E-state index in [9.17, 15) is 22.4 Å². The van der Waals surface area contributed by atoms with E-state index in [2.05, 4.69) is 5.32 Å². The maximum Gasteiger partial charge on any atom is 0.264 e. The molecule has 0 saturated heterocycles. The van der Waals surface area contributed by atoms with E-state index in [0.717, 1.165) is 27.6 Å². The van der Waals surface area contributed by atoms with E-state index in [1.165, 1.54) is 49.5 Å². The van der Waals surface area contributed by atoms with Gasteiger partial charge >= 0.3 is 0 Å². The summed E-state index contributed by atoms with van der Waals surface area (Å²) in [5, 5.41) is 2.81. The SMILES string of the molecule is COc1ccc(S(=O)(=O)N(CC(=O)N(Cc2cccc(C)c2)[C@H](C)C(=O)NC(C)C)c2ccc(F)cc2)cc1OC. The largest absolute Gasteiger partial charge is 0.493 e. The fraction of sp³-hybridized carbons (Fsp3) is 0.333. The highest BCUT2D eigenvalue weighted by Crippen LogP contribution is 2.32. The summed E-state index contributed by atoms with van der Waals surface area (Å²) in [5.41, 5.74) is 1.82. The standard InChI is InChI=1S/C30H36FN3O6S/c1-20(2)32-30(36)22(4)33(18-23-9-7-8-21(3)16-23)29(35)19-34(25-12-10-24(31)11-13-25)41(37,38)26-14-15-27(39-5)28(17-26)40-6/h7-17,20,22H,18-19H2,1-6H3,(H,32,36)/t22-/m1/s1. The van der Waals surface area contributed by atoms with Crippen LogP contribution >= 0.6 is 0 Å². The summed E-state index contributed by atoms with van der Waals surface area (Å²) in [7, 11) is -1.57. The molecule has 0 aliphatic heterocycles. The van der Waals surface area contributed by atoms with Crippen molar-refractivity contribution in [2.45, 2.75) is 51.2 Å². The number of anilines is 1. The van der Waals surface area contributed by atoms with Gasteiger partial charge in [0.1, 0.15) is 18.4 Å². The second-order valence-corrected chi connectivity index (χ2v) is 11.7. The number of rotatable bonds is 12. The lowest BCUT2D eigenvalue weighted by Gasteiger charge is -2.32. The average Bonchev–Trinajstić information content (AvgIpc) is 2.93. The zero-order chi connectivity index (χ0) is 30.3. The Kier molecular flexibility index (Phi) is 10.3. The normalized spacial score (nSPS) is 12.0. The van der Waals surface area contributed by atoms with Crippen molar-refractivity contribution in [3.05, 3.63) is 83.7 Å². The molecule has 0 aliphatic rings. The fourth-order valence-corrected chi connectivity index (χ4v) is 5.67. The van der Waals surface area contributed by atoms with Crippen molar-refractivity contribution in [3.63, 3.8) is 0 Å². The van der Waals surface area contributed by atoms with Crippen LogP contribution in [0.25, 0.3) is 0 Å². The summed E-state index contributed by atoms with van der Waals surface area (Å²) >= 11 is 0. The van der Waals surface area contributed by atoms with Crippen molar-refractivity contribution in [1.29, 1.82) is 0 Å². The van der Waals surface area contributed by atoms with Crippen molar-refractivity contribution in [2.24, 2.45) is 0 Å². The Bertz CT molecular complexity index is 1480. The van der Waals surface area contributed by atoms with Crippen LogP contribution in [0.3, 0.4) is 0 Å². The van der Waals surface area contributed by atoms with E-state index in [1.807, 2.05) is 45.0 Å². The third kappa shape index (κ3) is 7.75. The molecular weight excluding hydrogens is 549 g/mol. The number of nitrogens with zero attached hydrogens (tertiary/aromatic N) is 2. The Morgan fingerprint density at radius 2 is 1.59 bits per heavy atom. The lowest BCUT2D eigenvalue weighted by molar-refractivity contribution is -0.139. The third-order valence-corrected chi connectivity index (χ3v) is 8.14. The molecule has 41 heavy (non-hydrogen) atoms. The van der Waals surface area contributed by atoms with E-state index in [1.54, 1.807) is 6.92 Å². The third-order valence-electron chi connectivity index (χ3n) is 6.37. The summed E-state index contributed by atoms with van der Waals surface area (Å²) < 4.78 is 53.2. The van der Waals surface area contributed by atoms with Crippen molar-refractivity contribution in [1.82, 2.24) is 10.2 Å². The number of hydrogen-bond acceptors (Lipinski definition) is 6. The molecule has 0 heterocycles. The summed E-state index contributed by atoms with van der Waals surface area (Å²) in [6.45, 7) is 6.55. The van der Waals surface area contributed by atoms with Crippen LogP contribution in [-0.4, -0.2) is 58.0 Å². The van der Waals surface area contributed by atoms with Crippen LogP contribution in [0.4, 0.5) is 10.1 Å². The number of methoxy groups -OCH3 is 2. The minimum Gasteiger partial charge on any atom is -0.493 e. The van der Waals surface area contributed by atoms with Crippen LogP contribution in [0.5, 0.6) is 11.5 Å². The van der Waals surface area contributed by atoms with Crippen LogP contribution in [-0.2, 0) is 26.2 Å². The molecule has 0 spiro atoms. The molecule has 1 N–H and O–H groups in total. The van der Waals surface area contributed by atoms with Crippen molar-refractivity contribution >= 4 is 27.5 Å². The van der Waals surface area contributed by atoms with E-state index in [4.69, 9.17) is 9.47 Å². The number of nitrogens with one attached hydrogen (secondary N) is 1. The van der Waals surface area contributed by atoms with Crippen LogP contribution in [0.1, 0.15) is 31.9 Å².